The molecule has 5 heteroatoms. The van der Waals surface area contributed by atoms with Crippen LogP contribution < -0.4 is 15.6 Å². The molecule has 0 saturated heterocycles. The number of H-pyrrole nitrogens is 1. The number of para-hydroxylation sites is 2. The van der Waals surface area contributed by atoms with Gasteiger partial charge >= 0.3 is 0 Å². The van der Waals surface area contributed by atoms with Crippen LogP contribution in [0.3, 0.4) is 0 Å². The van der Waals surface area contributed by atoms with Gasteiger partial charge in [0.15, 0.2) is 0 Å². The normalized spacial score (nSPS) is 10.7. The van der Waals surface area contributed by atoms with Crippen molar-refractivity contribution in [2.45, 2.75) is 19.8 Å². The first-order valence-corrected chi connectivity index (χ1v) is 9.93. The molecule has 4 aromatic rings. The number of nitrogens with one attached hydrogen (secondary N) is 2. The Labute approximate surface area is 174 Å². The molecule has 1 aromatic heterocycles. The summed E-state index contributed by atoms with van der Waals surface area (Å²) in [6.07, 6.45) is 1.78. The fourth-order valence-electron chi connectivity index (χ4n) is 3.44. The molecule has 0 spiro atoms. The van der Waals surface area contributed by atoms with Gasteiger partial charge in [0.05, 0.1) is 11.1 Å². The average Bonchev–Trinajstić information content (AvgIpc) is 2.74. The van der Waals surface area contributed by atoms with Gasteiger partial charge in [0, 0.05) is 17.1 Å². The van der Waals surface area contributed by atoms with Gasteiger partial charge in [0.2, 0.25) is 5.56 Å². The zero-order valence-corrected chi connectivity index (χ0v) is 16.6. The van der Waals surface area contributed by atoms with Crippen LogP contribution in [0.5, 0.6) is 11.5 Å². The van der Waals surface area contributed by atoms with Crippen molar-refractivity contribution in [2.75, 3.05) is 5.32 Å². The average molecular weight is 398 g/mol. The zero-order chi connectivity index (χ0) is 20.9. The van der Waals surface area contributed by atoms with Crippen LogP contribution >= 0.6 is 0 Å². The van der Waals surface area contributed by atoms with Crippen molar-refractivity contribution in [2.24, 2.45) is 0 Å². The molecule has 150 valence electrons. The number of hydrogen-bond acceptors (Lipinski definition) is 3. The van der Waals surface area contributed by atoms with Gasteiger partial charge in [0.1, 0.15) is 11.5 Å². The number of benzene rings is 3. The first kappa shape index (κ1) is 19.5. The fourth-order valence-corrected chi connectivity index (χ4v) is 3.44. The summed E-state index contributed by atoms with van der Waals surface area (Å²) in [6, 6.07) is 23.6. The van der Waals surface area contributed by atoms with Crippen LogP contribution in [-0.4, -0.2) is 10.9 Å². The van der Waals surface area contributed by atoms with Crippen LogP contribution in [0.25, 0.3) is 10.9 Å². The number of fused-ring (bicyclic) bond motifs is 1. The summed E-state index contributed by atoms with van der Waals surface area (Å²) in [4.78, 5) is 27.8. The number of aryl methyl sites for hydroxylation is 1. The van der Waals surface area contributed by atoms with Crippen LogP contribution in [0, 0.1) is 0 Å². The standard InChI is InChI=1S/C25H22N2O3/c1-2-8-17-15-24(28)27-22-16-18(13-14-20(17)22)26-25(29)21-11-6-7-12-23(21)30-19-9-4-3-5-10-19/h3-7,9-16H,2,8H2,1H3,(H,26,29)(H,27,28). The summed E-state index contributed by atoms with van der Waals surface area (Å²) in [7, 11) is 0. The van der Waals surface area contributed by atoms with E-state index < -0.39 is 0 Å². The monoisotopic (exact) mass is 398 g/mol. The highest BCUT2D eigenvalue weighted by atomic mass is 16.5. The number of aromatic nitrogens is 1. The summed E-state index contributed by atoms with van der Waals surface area (Å²) in [5.41, 5.74) is 2.60. The highest BCUT2D eigenvalue weighted by Crippen LogP contribution is 2.27. The molecule has 3 aromatic carbocycles. The Hall–Kier alpha value is -3.86. The molecule has 0 aliphatic rings. The Balaban J connectivity index is 1.61. The van der Waals surface area contributed by atoms with Crippen molar-refractivity contribution in [3.05, 3.63) is 100 Å². The lowest BCUT2D eigenvalue weighted by Crippen LogP contribution is -2.13. The molecule has 0 aliphatic heterocycles. The molecule has 5 nitrogen and oxygen atoms in total. The van der Waals surface area contributed by atoms with E-state index in [1.807, 2.05) is 48.5 Å². The molecule has 0 fully saturated rings. The van der Waals surface area contributed by atoms with Crippen molar-refractivity contribution in [3.8, 4) is 11.5 Å². The van der Waals surface area contributed by atoms with E-state index in [-0.39, 0.29) is 11.5 Å². The minimum absolute atomic E-state index is 0.143. The number of ether oxygens (including phenoxy) is 1. The Kier molecular flexibility index (Phi) is 5.61. The van der Waals surface area contributed by atoms with Crippen molar-refractivity contribution in [1.82, 2.24) is 4.98 Å². The number of amides is 1. The Morgan fingerprint density at radius 3 is 2.53 bits per heavy atom. The van der Waals surface area contributed by atoms with Gasteiger partial charge in [-0.1, -0.05) is 49.7 Å². The van der Waals surface area contributed by atoms with Gasteiger partial charge in [-0.3, -0.25) is 9.59 Å². The number of carbonyl (C=O) groups is 1. The highest BCUT2D eigenvalue weighted by molar-refractivity contribution is 6.07. The van der Waals surface area contributed by atoms with Crippen LogP contribution in [0.2, 0.25) is 0 Å². The Morgan fingerprint density at radius 2 is 1.73 bits per heavy atom. The van der Waals surface area contributed by atoms with Gasteiger partial charge in [-0.2, -0.15) is 0 Å². The topological polar surface area (TPSA) is 71.2 Å². The predicted molar refractivity (Wildman–Crippen MR) is 119 cm³/mol. The maximum Gasteiger partial charge on any atom is 0.259 e. The molecule has 0 aliphatic carbocycles. The number of anilines is 1. The number of hydrogen-bond donors (Lipinski definition) is 2. The molecule has 4 rings (SSSR count). The van der Waals surface area contributed by atoms with E-state index in [0.29, 0.717) is 28.3 Å². The second kappa shape index (κ2) is 8.66. The lowest BCUT2D eigenvalue weighted by molar-refractivity contribution is 0.102. The molecule has 0 saturated carbocycles. The Bertz CT molecular complexity index is 1250. The van der Waals surface area contributed by atoms with E-state index in [9.17, 15) is 9.59 Å². The number of pyridine rings is 1. The van der Waals surface area contributed by atoms with Crippen molar-refractivity contribution >= 4 is 22.5 Å². The summed E-state index contributed by atoms with van der Waals surface area (Å²) in [6.45, 7) is 2.08. The SMILES string of the molecule is CCCc1cc(=O)[nH]c2cc(NC(=O)c3ccccc3Oc3ccccc3)ccc12. The summed E-state index contributed by atoms with van der Waals surface area (Å²) in [5, 5.41) is 3.89. The quantitative estimate of drug-likeness (QED) is 0.449. The fraction of sp³-hybridized carbons (Fsp3) is 0.120. The van der Waals surface area contributed by atoms with Gasteiger partial charge in [-0.05, 0) is 48.4 Å². The molecule has 2 N–H and O–H groups in total. The zero-order valence-electron chi connectivity index (χ0n) is 16.6. The predicted octanol–water partition coefficient (Wildman–Crippen LogP) is 5.53. The molecule has 1 heterocycles. The molecular formula is C25H22N2O3. The van der Waals surface area contributed by atoms with Crippen molar-refractivity contribution in [3.63, 3.8) is 0 Å². The van der Waals surface area contributed by atoms with E-state index in [0.717, 1.165) is 23.8 Å². The van der Waals surface area contributed by atoms with E-state index >= 15 is 0 Å². The van der Waals surface area contributed by atoms with E-state index in [1.165, 1.54) is 0 Å². The third-order valence-electron chi connectivity index (χ3n) is 4.81. The lowest BCUT2D eigenvalue weighted by Gasteiger charge is -2.12. The molecular weight excluding hydrogens is 376 g/mol. The maximum absolute atomic E-state index is 12.9. The lowest BCUT2D eigenvalue weighted by atomic mass is 10.0. The molecule has 1 amide bonds. The number of aromatic amines is 1. The van der Waals surface area contributed by atoms with Gasteiger partial charge in [-0.25, -0.2) is 0 Å². The van der Waals surface area contributed by atoms with Gasteiger partial charge < -0.3 is 15.0 Å². The van der Waals surface area contributed by atoms with Crippen LogP contribution in [-0.2, 0) is 6.42 Å². The van der Waals surface area contributed by atoms with Crippen molar-refractivity contribution < 1.29 is 9.53 Å². The third-order valence-corrected chi connectivity index (χ3v) is 4.81. The van der Waals surface area contributed by atoms with Gasteiger partial charge in [-0.15, -0.1) is 0 Å². The van der Waals surface area contributed by atoms with Gasteiger partial charge in [0.25, 0.3) is 5.91 Å². The van der Waals surface area contributed by atoms with Crippen LogP contribution in [0.4, 0.5) is 5.69 Å². The van der Waals surface area contributed by atoms with E-state index in [4.69, 9.17) is 4.74 Å². The van der Waals surface area contributed by atoms with E-state index in [1.54, 1.807) is 30.3 Å². The van der Waals surface area contributed by atoms with Crippen LogP contribution in [0.1, 0.15) is 29.3 Å². The first-order valence-electron chi connectivity index (χ1n) is 9.93. The number of rotatable bonds is 6. The second-order valence-corrected chi connectivity index (χ2v) is 7.03. The van der Waals surface area contributed by atoms with E-state index in [2.05, 4.69) is 17.2 Å². The molecule has 0 radical (unpaired) electrons. The smallest absolute Gasteiger partial charge is 0.259 e. The second-order valence-electron chi connectivity index (χ2n) is 7.03. The van der Waals surface area contributed by atoms with Crippen molar-refractivity contribution in [1.29, 1.82) is 0 Å². The minimum Gasteiger partial charge on any atom is -0.457 e. The summed E-state index contributed by atoms with van der Waals surface area (Å²) < 4.78 is 5.89. The maximum atomic E-state index is 12.9. The Morgan fingerprint density at radius 1 is 0.967 bits per heavy atom. The molecule has 0 unspecified atom stereocenters. The first-order chi connectivity index (χ1) is 14.6. The summed E-state index contributed by atoms with van der Waals surface area (Å²) >= 11 is 0. The molecule has 0 atom stereocenters. The van der Waals surface area contributed by atoms with Crippen LogP contribution in [0.15, 0.2) is 83.7 Å². The highest BCUT2D eigenvalue weighted by Gasteiger charge is 2.14. The molecule has 0 bridgehead atoms. The molecule has 30 heavy (non-hydrogen) atoms. The third kappa shape index (κ3) is 4.25. The summed E-state index contributed by atoms with van der Waals surface area (Å²) in [5.74, 6) is 0.845. The number of carbonyl (C=O) groups excluding carboxylic acids is 1. The largest absolute Gasteiger partial charge is 0.457 e. The minimum atomic E-state index is -0.284.